The summed E-state index contributed by atoms with van der Waals surface area (Å²) in [5, 5.41) is 0. The summed E-state index contributed by atoms with van der Waals surface area (Å²) in [6, 6.07) is 6.46. The molecule has 3 nitrogen and oxygen atoms in total. The van der Waals surface area contributed by atoms with E-state index in [2.05, 4.69) is 34.3 Å². The van der Waals surface area contributed by atoms with E-state index < -0.39 is 0 Å². The molecular weight excluding hydrogens is 316 g/mol. The van der Waals surface area contributed by atoms with Gasteiger partial charge in [-0.2, -0.15) is 0 Å². The fraction of sp³-hybridized carbons (Fsp3) is 0.625. The molecule has 0 radical (unpaired) electrons. The predicted octanol–water partition coefficient (Wildman–Crippen LogP) is 3.66. The number of rotatable bonds is 5. The van der Waals surface area contributed by atoms with Crippen LogP contribution in [0.4, 0.5) is 0 Å². The third-order valence-electron chi connectivity index (χ3n) is 4.54. The minimum atomic E-state index is 0.339. The number of benzene rings is 1. The molecule has 1 aromatic carbocycles. The molecule has 1 fully saturated rings. The van der Waals surface area contributed by atoms with Gasteiger partial charge in [-0.15, -0.1) is 0 Å². The van der Waals surface area contributed by atoms with Gasteiger partial charge in [-0.05, 0) is 54.9 Å². The van der Waals surface area contributed by atoms with Gasteiger partial charge < -0.3 is 4.74 Å². The van der Waals surface area contributed by atoms with Crippen molar-refractivity contribution in [3.05, 3.63) is 28.2 Å². The summed E-state index contributed by atoms with van der Waals surface area (Å²) in [5.41, 5.74) is 4.29. The number of nitrogens with two attached hydrogens (primary N) is 1. The van der Waals surface area contributed by atoms with E-state index in [1.54, 1.807) is 7.11 Å². The van der Waals surface area contributed by atoms with Gasteiger partial charge >= 0.3 is 0 Å². The normalized spacial score (nSPS) is 24.4. The van der Waals surface area contributed by atoms with Crippen molar-refractivity contribution < 1.29 is 4.74 Å². The number of halogens is 1. The van der Waals surface area contributed by atoms with Crippen molar-refractivity contribution >= 4 is 15.9 Å². The monoisotopic (exact) mass is 340 g/mol. The first-order valence-electron chi connectivity index (χ1n) is 7.42. The smallest absolute Gasteiger partial charge is 0.119 e. The van der Waals surface area contributed by atoms with E-state index in [0.29, 0.717) is 12.0 Å². The van der Waals surface area contributed by atoms with Crippen molar-refractivity contribution in [1.29, 1.82) is 0 Å². The SMILES string of the molecule is COc1ccc(Br)c(CC(NN)C2CCC(C)CC2)c1. The first-order valence-corrected chi connectivity index (χ1v) is 8.22. The summed E-state index contributed by atoms with van der Waals surface area (Å²) in [6.07, 6.45) is 6.13. The van der Waals surface area contributed by atoms with Crippen molar-refractivity contribution in [2.75, 3.05) is 7.11 Å². The molecule has 1 aliphatic carbocycles. The predicted molar refractivity (Wildman–Crippen MR) is 86.6 cm³/mol. The maximum atomic E-state index is 5.81. The summed E-state index contributed by atoms with van der Waals surface area (Å²) in [4.78, 5) is 0. The van der Waals surface area contributed by atoms with Crippen LogP contribution in [0.3, 0.4) is 0 Å². The van der Waals surface area contributed by atoms with Crippen LogP contribution < -0.4 is 16.0 Å². The number of hydrazine groups is 1. The summed E-state index contributed by atoms with van der Waals surface area (Å²) >= 11 is 3.63. The van der Waals surface area contributed by atoms with E-state index in [-0.39, 0.29) is 0 Å². The molecule has 0 bridgehead atoms. The Morgan fingerprint density at radius 3 is 2.65 bits per heavy atom. The van der Waals surface area contributed by atoms with Gasteiger partial charge in [0.05, 0.1) is 7.11 Å². The zero-order chi connectivity index (χ0) is 14.5. The van der Waals surface area contributed by atoms with Crippen LogP contribution in [0.25, 0.3) is 0 Å². The molecule has 0 aliphatic heterocycles. The Morgan fingerprint density at radius 1 is 1.35 bits per heavy atom. The molecule has 0 spiro atoms. The van der Waals surface area contributed by atoms with Gasteiger partial charge in [0.15, 0.2) is 0 Å². The van der Waals surface area contributed by atoms with Crippen LogP contribution in [-0.4, -0.2) is 13.2 Å². The minimum absolute atomic E-state index is 0.339. The molecule has 20 heavy (non-hydrogen) atoms. The highest BCUT2D eigenvalue weighted by Gasteiger charge is 2.26. The molecule has 1 aromatic rings. The Kier molecular flexibility index (Phi) is 5.87. The number of hydrogen-bond acceptors (Lipinski definition) is 3. The summed E-state index contributed by atoms with van der Waals surface area (Å²) < 4.78 is 6.44. The van der Waals surface area contributed by atoms with Crippen LogP contribution in [0.1, 0.15) is 38.2 Å². The fourth-order valence-electron chi connectivity index (χ4n) is 3.12. The number of nitrogens with one attached hydrogen (secondary N) is 1. The lowest BCUT2D eigenvalue weighted by molar-refractivity contribution is 0.229. The molecular formula is C16H25BrN2O. The average Bonchev–Trinajstić information content (AvgIpc) is 2.47. The highest BCUT2D eigenvalue weighted by molar-refractivity contribution is 9.10. The minimum Gasteiger partial charge on any atom is -0.497 e. The zero-order valence-corrected chi connectivity index (χ0v) is 13.9. The van der Waals surface area contributed by atoms with Gasteiger partial charge in [0, 0.05) is 10.5 Å². The van der Waals surface area contributed by atoms with Gasteiger partial charge in [0.2, 0.25) is 0 Å². The van der Waals surface area contributed by atoms with Gasteiger partial charge in [-0.1, -0.05) is 35.7 Å². The van der Waals surface area contributed by atoms with Gasteiger partial charge in [-0.25, -0.2) is 0 Å². The quantitative estimate of drug-likeness (QED) is 0.635. The number of ether oxygens (including phenoxy) is 1. The molecule has 1 unspecified atom stereocenters. The highest BCUT2D eigenvalue weighted by Crippen LogP contribution is 2.32. The first-order chi connectivity index (χ1) is 9.63. The van der Waals surface area contributed by atoms with Crippen LogP contribution in [0, 0.1) is 11.8 Å². The lowest BCUT2D eigenvalue weighted by Gasteiger charge is -2.32. The van der Waals surface area contributed by atoms with Gasteiger partial charge in [0.25, 0.3) is 0 Å². The molecule has 4 heteroatoms. The maximum absolute atomic E-state index is 5.81. The number of hydrogen-bond donors (Lipinski definition) is 2. The zero-order valence-electron chi connectivity index (χ0n) is 12.4. The molecule has 0 aromatic heterocycles. The molecule has 1 aliphatic rings. The fourth-order valence-corrected chi connectivity index (χ4v) is 3.53. The molecule has 0 saturated heterocycles. The Morgan fingerprint density at radius 2 is 2.05 bits per heavy atom. The van der Waals surface area contributed by atoms with E-state index in [4.69, 9.17) is 10.6 Å². The van der Waals surface area contributed by atoms with Crippen molar-refractivity contribution in [3.8, 4) is 5.75 Å². The molecule has 1 saturated carbocycles. The third-order valence-corrected chi connectivity index (χ3v) is 5.31. The van der Waals surface area contributed by atoms with E-state index in [9.17, 15) is 0 Å². The molecule has 2 rings (SSSR count). The van der Waals surface area contributed by atoms with Crippen molar-refractivity contribution in [2.24, 2.45) is 17.7 Å². The summed E-state index contributed by atoms with van der Waals surface area (Å²) in [5.74, 6) is 8.25. The van der Waals surface area contributed by atoms with E-state index in [1.165, 1.54) is 31.2 Å². The van der Waals surface area contributed by atoms with Crippen LogP contribution >= 0.6 is 15.9 Å². The number of methoxy groups -OCH3 is 1. The highest BCUT2D eigenvalue weighted by atomic mass is 79.9. The van der Waals surface area contributed by atoms with Crippen LogP contribution in [0.2, 0.25) is 0 Å². The van der Waals surface area contributed by atoms with E-state index in [0.717, 1.165) is 22.6 Å². The van der Waals surface area contributed by atoms with Crippen molar-refractivity contribution in [1.82, 2.24) is 5.43 Å². The second kappa shape index (κ2) is 7.43. The molecule has 1 atom stereocenters. The second-order valence-electron chi connectivity index (χ2n) is 5.95. The summed E-state index contributed by atoms with van der Waals surface area (Å²) in [7, 11) is 1.70. The third kappa shape index (κ3) is 3.96. The lowest BCUT2D eigenvalue weighted by Crippen LogP contribution is -2.43. The average molecular weight is 341 g/mol. The molecule has 0 amide bonds. The van der Waals surface area contributed by atoms with Crippen LogP contribution in [0.15, 0.2) is 22.7 Å². The standard InChI is InChI=1S/C16H25BrN2O/c1-11-3-5-12(6-4-11)16(19-18)10-13-9-14(20-2)7-8-15(13)17/h7-9,11-12,16,19H,3-6,10,18H2,1-2H3. The van der Waals surface area contributed by atoms with Crippen LogP contribution in [0.5, 0.6) is 5.75 Å². The van der Waals surface area contributed by atoms with Crippen molar-refractivity contribution in [2.45, 2.75) is 45.1 Å². The molecule has 3 N–H and O–H groups in total. The molecule has 0 heterocycles. The van der Waals surface area contributed by atoms with E-state index in [1.807, 2.05) is 12.1 Å². The Hall–Kier alpha value is -0.580. The Bertz CT molecular complexity index is 430. The lowest BCUT2D eigenvalue weighted by atomic mass is 9.78. The largest absolute Gasteiger partial charge is 0.497 e. The first kappa shape index (κ1) is 15.8. The maximum Gasteiger partial charge on any atom is 0.119 e. The molecule has 112 valence electrons. The van der Waals surface area contributed by atoms with Crippen molar-refractivity contribution in [3.63, 3.8) is 0 Å². The second-order valence-corrected chi connectivity index (χ2v) is 6.81. The summed E-state index contributed by atoms with van der Waals surface area (Å²) in [6.45, 7) is 2.35. The Labute approximate surface area is 130 Å². The van der Waals surface area contributed by atoms with Gasteiger partial charge in [-0.3, -0.25) is 11.3 Å². The Balaban J connectivity index is 2.06. The topological polar surface area (TPSA) is 47.3 Å². The van der Waals surface area contributed by atoms with Crippen LogP contribution in [-0.2, 0) is 6.42 Å². The van der Waals surface area contributed by atoms with E-state index >= 15 is 0 Å². The van der Waals surface area contributed by atoms with Gasteiger partial charge in [0.1, 0.15) is 5.75 Å².